The highest BCUT2D eigenvalue weighted by atomic mass is 32.1. The molecule has 5 aromatic rings. The quantitative estimate of drug-likeness (QED) is 0.186. The SMILES string of the molecule is Cc1ccc(-c2nc(COC(=O)C[P+](c3ccccc3)(c3ccccc3)c3ccccc3)cs2)cc1. The van der Waals surface area contributed by atoms with E-state index in [4.69, 9.17) is 9.72 Å². The number of ether oxygens (including phenoxy) is 1. The minimum absolute atomic E-state index is 0.166. The van der Waals surface area contributed by atoms with Crippen molar-refractivity contribution in [3.63, 3.8) is 0 Å². The van der Waals surface area contributed by atoms with Crippen LogP contribution in [0.15, 0.2) is 121 Å². The molecular formula is C31H27NO2PS+. The van der Waals surface area contributed by atoms with Crippen molar-refractivity contribution in [1.82, 2.24) is 4.98 Å². The van der Waals surface area contributed by atoms with Crippen LogP contribution in [0.5, 0.6) is 0 Å². The Morgan fingerprint density at radius 2 is 1.25 bits per heavy atom. The first kappa shape index (κ1) is 24.1. The maximum Gasteiger partial charge on any atom is 0.345 e. The molecule has 0 saturated carbocycles. The van der Waals surface area contributed by atoms with Gasteiger partial charge < -0.3 is 4.74 Å². The molecule has 0 aliphatic heterocycles. The van der Waals surface area contributed by atoms with Gasteiger partial charge >= 0.3 is 5.97 Å². The van der Waals surface area contributed by atoms with Gasteiger partial charge in [-0.3, -0.25) is 0 Å². The number of aryl methyl sites for hydroxylation is 1. The van der Waals surface area contributed by atoms with E-state index in [0.717, 1.165) is 32.2 Å². The molecule has 5 heteroatoms. The number of rotatable bonds is 8. The van der Waals surface area contributed by atoms with Crippen LogP contribution in [0, 0.1) is 6.92 Å². The van der Waals surface area contributed by atoms with Gasteiger partial charge in [0.1, 0.15) is 34.8 Å². The minimum Gasteiger partial charge on any atom is -0.456 e. The molecule has 36 heavy (non-hydrogen) atoms. The van der Waals surface area contributed by atoms with E-state index in [2.05, 4.69) is 67.6 Å². The summed E-state index contributed by atoms with van der Waals surface area (Å²) in [5, 5.41) is 6.39. The molecule has 1 heterocycles. The van der Waals surface area contributed by atoms with Crippen LogP contribution >= 0.6 is 18.6 Å². The number of carbonyl (C=O) groups is 1. The molecule has 0 bridgehead atoms. The molecule has 0 aliphatic rings. The summed E-state index contributed by atoms with van der Waals surface area (Å²) in [5.41, 5.74) is 3.06. The summed E-state index contributed by atoms with van der Waals surface area (Å²) < 4.78 is 5.85. The van der Waals surface area contributed by atoms with Crippen molar-refractivity contribution in [1.29, 1.82) is 0 Å². The number of thiazole rings is 1. The van der Waals surface area contributed by atoms with E-state index in [9.17, 15) is 4.79 Å². The predicted molar refractivity (Wildman–Crippen MR) is 152 cm³/mol. The first-order valence-corrected chi connectivity index (χ1v) is 14.7. The summed E-state index contributed by atoms with van der Waals surface area (Å²) in [6.07, 6.45) is 0.292. The summed E-state index contributed by atoms with van der Waals surface area (Å²) in [6.45, 7) is 2.24. The fourth-order valence-electron chi connectivity index (χ4n) is 4.36. The van der Waals surface area contributed by atoms with Crippen molar-refractivity contribution in [3.05, 3.63) is 132 Å². The first-order valence-electron chi connectivity index (χ1n) is 11.9. The van der Waals surface area contributed by atoms with E-state index in [1.54, 1.807) is 11.3 Å². The highest BCUT2D eigenvalue weighted by molar-refractivity contribution is 7.96. The van der Waals surface area contributed by atoms with E-state index in [1.807, 2.05) is 60.0 Å². The Labute approximate surface area is 216 Å². The topological polar surface area (TPSA) is 39.2 Å². The molecule has 0 saturated heterocycles. The Kier molecular flexibility index (Phi) is 7.36. The predicted octanol–water partition coefficient (Wildman–Crippen LogP) is 6.16. The highest BCUT2D eigenvalue weighted by Crippen LogP contribution is 2.55. The summed E-state index contributed by atoms with van der Waals surface area (Å²) in [5.74, 6) is -0.218. The van der Waals surface area contributed by atoms with Crippen LogP contribution in [0.25, 0.3) is 10.6 Å². The Balaban J connectivity index is 1.43. The minimum atomic E-state index is -2.27. The van der Waals surface area contributed by atoms with Crippen molar-refractivity contribution in [2.75, 3.05) is 6.16 Å². The Bertz CT molecular complexity index is 1320. The van der Waals surface area contributed by atoms with Crippen LogP contribution < -0.4 is 15.9 Å². The van der Waals surface area contributed by atoms with Gasteiger partial charge in [-0.2, -0.15) is 0 Å². The van der Waals surface area contributed by atoms with Gasteiger partial charge in [-0.05, 0) is 43.3 Å². The second-order valence-electron chi connectivity index (χ2n) is 8.65. The third-order valence-corrected chi connectivity index (χ3v) is 11.4. The largest absolute Gasteiger partial charge is 0.456 e. The van der Waals surface area contributed by atoms with E-state index in [-0.39, 0.29) is 12.6 Å². The molecule has 0 amide bonds. The molecule has 4 aromatic carbocycles. The average molecular weight is 509 g/mol. The molecule has 178 valence electrons. The van der Waals surface area contributed by atoms with Crippen LogP contribution in [-0.2, 0) is 16.1 Å². The zero-order chi connectivity index (χ0) is 24.8. The van der Waals surface area contributed by atoms with Crippen molar-refractivity contribution in [2.24, 2.45) is 0 Å². The molecule has 5 rings (SSSR count). The van der Waals surface area contributed by atoms with Crippen molar-refractivity contribution < 1.29 is 9.53 Å². The van der Waals surface area contributed by atoms with Crippen LogP contribution in [0.3, 0.4) is 0 Å². The maximum absolute atomic E-state index is 13.4. The molecular weight excluding hydrogens is 481 g/mol. The standard InChI is InChI=1S/C31H27NO2PS/c1-24-17-19-25(20-18-24)31-32-26(23-36-31)21-34-30(33)22-35(27-11-5-2-6-12-27,28-13-7-3-8-14-28)29-15-9-4-10-16-29/h2-20,23H,21-22H2,1H3/q+1. The van der Waals surface area contributed by atoms with Gasteiger partial charge in [0.15, 0.2) is 6.16 Å². The molecule has 0 radical (unpaired) electrons. The van der Waals surface area contributed by atoms with Gasteiger partial charge in [0.05, 0.1) is 5.69 Å². The lowest BCUT2D eigenvalue weighted by molar-refractivity contribution is -0.141. The lowest BCUT2D eigenvalue weighted by Gasteiger charge is -2.26. The summed E-state index contributed by atoms with van der Waals surface area (Å²) in [6, 6.07) is 39.4. The molecule has 0 spiro atoms. The van der Waals surface area contributed by atoms with Gasteiger partial charge in [0.25, 0.3) is 0 Å². The normalized spacial score (nSPS) is 11.2. The van der Waals surface area contributed by atoms with Crippen molar-refractivity contribution >= 4 is 40.5 Å². The molecule has 0 atom stereocenters. The second kappa shape index (κ2) is 11.0. The molecule has 0 fully saturated rings. The number of benzene rings is 4. The number of hydrogen-bond acceptors (Lipinski definition) is 4. The molecule has 3 nitrogen and oxygen atoms in total. The van der Waals surface area contributed by atoms with E-state index < -0.39 is 7.26 Å². The molecule has 1 aromatic heterocycles. The zero-order valence-electron chi connectivity index (χ0n) is 20.1. The van der Waals surface area contributed by atoms with Crippen LogP contribution in [0.1, 0.15) is 11.3 Å². The van der Waals surface area contributed by atoms with Crippen LogP contribution in [0.4, 0.5) is 0 Å². The van der Waals surface area contributed by atoms with Crippen molar-refractivity contribution in [3.8, 4) is 10.6 Å². The van der Waals surface area contributed by atoms with Crippen LogP contribution in [-0.4, -0.2) is 17.1 Å². The highest BCUT2D eigenvalue weighted by Gasteiger charge is 2.47. The third kappa shape index (κ3) is 5.16. The Hall–Kier alpha value is -3.59. The fourth-order valence-corrected chi connectivity index (χ4v) is 9.14. The molecule has 0 aliphatic carbocycles. The lowest BCUT2D eigenvalue weighted by atomic mass is 10.2. The fraction of sp³-hybridized carbons (Fsp3) is 0.0968. The van der Waals surface area contributed by atoms with Gasteiger partial charge in [-0.25, -0.2) is 9.78 Å². The third-order valence-electron chi connectivity index (χ3n) is 6.19. The average Bonchev–Trinajstić information content (AvgIpc) is 3.42. The smallest absolute Gasteiger partial charge is 0.345 e. The Morgan fingerprint density at radius 1 is 0.750 bits per heavy atom. The number of nitrogens with zero attached hydrogens (tertiary/aromatic N) is 1. The zero-order valence-corrected chi connectivity index (χ0v) is 21.8. The summed E-state index contributed by atoms with van der Waals surface area (Å²) in [7, 11) is -2.27. The van der Waals surface area contributed by atoms with E-state index >= 15 is 0 Å². The van der Waals surface area contributed by atoms with Gasteiger partial charge in [-0.15, -0.1) is 11.3 Å². The summed E-state index contributed by atoms with van der Waals surface area (Å²) >= 11 is 1.57. The molecule has 0 N–H and O–H groups in total. The monoisotopic (exact) mass is 508 g/mol. The summed E-state index contributed by atoms with van der Waals surface area (Å²) in [4.78, 5) is 18.2. The molecule has 0 unspecified atom stereocenters. The van der Waals surface area contributed by atoms with E-state index in [0.29, 0.717) is 6.16 Å². The van der Waals surface area contributed by atoms with Crippen LogP contribution in [0.2, 0.25) is 0 Å². The first-order chi connectivity index (χ1) is 17.6. The number of esters is 1. The van der Waals surface area contributed by atoms with Crippen molar-refractivity contribution in [2.45, 2.75) is 13.5 Å². The maximum atomic E-state index is 13.4. The number of aromatic nitrogens is 1. The number of carbonyl (C=O) groups excluding carboxylic acids is 1. The van der Waals surface area contributed by atoms with Gasteiger partial charge in [0, 0.05) is 10.9 Å². The lowest BCUT2D eigenvalue weighted by Crippen LogP contribution is -2.36. The number of hydrogen-bond donors (Lipinski definition) is 0. The van der Waals surface area contributed by atoms with Gasteiger partial charge in [0.2, 0.25) is 0 Å². The van der Waals surface area contributed by atoms with Gasteiger partial charge in [-0.1, -0.05) is 84.4 Å². The van der Waals surface area contributed by atoms with E-state index in [1.165, 1.54) is 5.56 Å². The Morgan fingerprint density at radius 3 is 1.75 bits per heavy atom. The second-order valence-corrected chi connectivity index (χ2v) is 13.0.